The molecule has 1 unspecified atom stereocenters. The van der Waals surface area contributed by atoms with Crippen LogP contribution >= 0.6 is 11.6 Å². The highest BCUT2D eigenvalue weighted by Crippen LogP contribution is 2.31. The normalized spacial score (nSPS) is 21.0. The lowest BCUT2D eigenvalue weighted by Crippen LogP contribution is -2.52. The van der Waals surface area contributed by atoms with Crippen molar-refractivity contribution < 1.29 is 14.4 Å². The second-order valence-corrected chi connectivity index (χ2v) is 5.44. The molecule has 7 heteroatoms. The van der Waals surface area contributed by atoms with E-state index in [-0.39, 0.29) is 30.3 Å². The van der Waals surface area contributed by atoms with Gasteiger partial charge in [0.25, 0.3) is 5.91 Å². The molecule has 1 fully saturated rings. The maximum Gasteiger partial charge on any atom is 0.256 e. The monoisotopic (exact) mass is 303 g/mol. The van der Waals surface area contributed by atoms with Gasteiger partial charge in [0.1, 0.15) is 12.1 Å². The number of piperidine rings is 1. The number of halogens is 1. The molecule has 106 valence electrons. The average Bonchev–Trinajstić information content (AvgIpc) is 2.75. The maximum atomic E-state index is 12.5. The second kappa shape index (κ2) is 4.86. The molecule has 0 radical (unpaired) electrons. The number of hydrogen-bond donors (Lipinski definition) is 1. The van der Waals surface area contributed by atoms with Crippen molar-refractivity contribution in [2.24, 2.45) is 0 Å². The highest BCUT2D eigenvalue weighted by Gasteiger charge is 2.40. The van der Waals surface area contributed by atoms with Crippen molar-refractivity contribution in [3.05, 3.63) is 33.8 Å². The fourth-order valence-corrected chi connectivity index (χ4v) is 3.00. The number of benzene rings is 1. The first-order chi connectivity index (χ1) is 10.0. The lowest BCUT2D eigenvalue weighted by atomic mass is 10.0. The van der Waals surface area contributed by atoms with Crippen molar-refractivity contribution in [2.45, 2.75) is 25.4 Å². The average molecular weight is 304 g/mol. The molecule has 1 atom stereocenters. The minimum atomic E-state index is -0.687. The number of nitrogens with one attached hydrogen (secondary N) is 1. The third-order valence-corrected chi connectivity index (χ3v) is 3.93. The Bertz CT molecular complexity index is 723. The molecular weight excluding hydrogens is 294 g/mol. The molecule has 2 aliphatic heterocycles. The summed E-state index contributed by atoms with van der Waals surface area (Å²) < 4.78 is 0. The lowest BCUT2D eigenvalue weighted by molar-refractivity contribution is -0.136. The maximum absolute atomic E-state index is 12.5. The number of carbonyl (C=O) groups is 3. The SMILES string of the molecule is N#Cc1cc(Cl)cc2c1C(=O)N(C1CCC(=O)NC1=O)C2. The number of nitrogens with zero attached hydrogens (tertiary/aromatic N) is 2. The predicted molar refractivity (Wildman–Crippen MR) is 72.2 cm³/mol. The Kier molecular flexibility index (Phi) is 3.15. The molecule has 6 nitrogen and oxygen atoms in total. The number of amides is 3. The molecular formula is C14H10ClN3O3. The van der Waals surface area contributed by atoms with Gasteiger partial charge >= 0.3 is 0 Å². The van der Waals surface area contributed by atoms with Crippen molar-refractivity contribution in [2.75, 3.05) is 0 Å². The van der Waals surface area contributed by atoms with Gasteiger partial charge in [-0.3, -0.25) is 19.7 Å². The van der Waals surface area contributed by atoms with Crippen molar-refractivity contribution >= 4 is 29.3 Å². The van der Waals surface area contributed by atoms with Crippen LogP contribution in [0.3, 0.4) is 0 Å². The molecule has 0 aliphatic carbocycles. The van der Waals surface area contributed by atoms with Gasteiger partial charge in [-0.2, -0.15) is 5.26 Å². The van der Waals surface area contributed by atoms with Crippen LogP contribution < -0.4 is 5.32 Å². The zero-order chi connectivity index (χ0) is 15.1. The van der Waals surface area contributed by atoms with Crippen molar-refractivity contribution in [1.29, 1.82) is 5.26 Å². The molecule has 21 heavy (non-hydrogen) atoms. The Morgan fingerprint density at radius 1 is 1.33 bits per heavy atom. The van der Waals surface area contributed by atoms with Crippen LogP contribution in [0.4, 0.5) is 0 Å². The van der Waals surface area contributed by atoms with Gasteiger partial charge in [-0.25, -0.2) is 0 Å². The Balaban J connectivity index is 1.96. The van der Waals surface area contributed by atoms with Gasteiger partial charge < -0.3 is 4.90 Å². The topological polar surface area (TPSA) is 90.3 Å². The van der Waals surface area contributed by atoms with Crippen molar-refractivity contribution in [1.82, 2.24) is 10.2 Å². The Morgan fingerprint density at radius 3 is 2.76 bits per heavy atom. The first kappa shape index (κ1) is 13.6. The van der Waals surface area contributed by atoms with Crippen LogP contribution in [0.2, 0.25) is 5.02 Å². The molecule has 0 bridgehead atoms. The summed E-state index contributed by atoms with van der Waals surface area (Å²) in [5, 5.41) is 11.7. The second-order valence-electron chi connectivity index (χ2n) is 5.00. The number of imide groups is 1. The van der Waals surface area contributed by atoms with Crippen molar-refractivity contribution in [3.8, 4) is 6.07 Å². The predicted octanol–water partition coefficient (Wildman–Crippen LogP) is 0.973. The Morgan fingerprint density at radius 2 is 2.10 bits per heavy atom. The largest absolute Gasteiger partial charge is 0.322 e. The molecule has 0 aromatic heterocycles. The Hall–Kier alpha value is -2.39. The van der Waals surface area contributed by atoms with E-state index >= 15 is 0 Å². The molecule has 1 aromatic rings. The first-order valence-electron chi connectivity index (χ1n) is 6.38. The van der Waals surface area contributed by atoms with Gasteiger partial charge in [0, 0.05) is 18.0 Å². The van der Waals surface area contributed by atoms with Gasteiger partial charge in [-0.05, 0) is 24.1 Å². The minimum absolute atomic E-state index is 0.197. The lowest BCUT2D eigenvalue weighted by Gasteiger charge is -2.29. The molecule has 0 spiro atoms. The van der Waals surface area contributed by atoms with E-state index in [0.29, 0.717) is 22.6 Å². The summed E-state index contributed by atoms with van der Waals surface area (Å²) in [6.45, 7) is 0.218. The van der Waals surface area contributed by atoms with Gasteiger partial charge in [0.15, 0.2) is 0 Å². The van der Waals surface area contributed by atoms with E-state index in [2.05, 4.69) is 5.32 Å². The van der Waals surface area contributed by atoms with E-state index in [1.54, 1.807) is 6.07 Å². The Labute approximate surface area is 125 Å². The van der Waals surface area contributed by atoms with Crippen molar-refractivity contribution in [3.63, 3.8) is 0 Å². The first-order valence-corrected chi connectivity index (χ1v) is 6.76. The zero-order valence-corrected chi connectivity index (χ0v) is 11.6. The number of nitriles is 1. The highest BCUT2D eigenvalue weighted by molar-refractivity contribution is 6.31. The number of fused-ring (bicyclic) bond motifs is 1. The van der Waals surface area contributed by atoms with Crippen LogP contribution in [0.5, 0.6) is 0 Å². The molecule has 3 rings (SSSR count). The molecule has 2 heterocycles. The summed E-state index contributed by atoms with van der Waals surface area (Å²) in [4.78, 5) is 36.9. The zero-order valence-electron chi connectivity index (χ0n) is 10.9. The van der Waals surface area contributed by atoms with Gasteiger partial charge in [-0.1, -0.05) is 11.6 Å². The van der Waals surface area contributed by atoms with E-state index < -0.39 is 11.9 Å². The molecule has 2 aliphatic rings. The third kappa shape index (κ3) is 2.16. The summed E-state index contributed by atoms with van der Waals surface area (Å²) in [5.74, 6) is -1.18. The van der Waals surface area contributed by atoms with E-state index in [9.17, 15) is 14.4 Å². The standard InChI is InChI=1S/C14H10ClN3O3/c15-9-3-7(5-16)12-8(4-9)6-18(14(12)21)10-1-2-11(19)17-13(10)20/h3-4,10H,1-2,6H2,(H,17,19,20). The molecule has 0 saturated carbocycles. The van der Waals surface area contributed by atoms with Crippen LogP contribution in [0.15, 0.2) is 12.1 Å². The van der Waals surface area contributed by atoms with E-state index in [1.165, 1.54) is 11.0 Å². The number of hydrogen-bond acceptors (Lipinski definition) is 4. The molecule has 1 N–H and O–H groups in total. The van der Waals surface area contributed by atoms with E-state index in [1.807, 2.05) is 6.07 Å². The third-order valence-electron chi connectivity index (χ3n) is 3.71. The molecule has 1 saturated heterocycles. The summed E-state index contributed by atoms with van der Waals surface area (Å²) in [6.07, 6.45) is 0.489. The smallest absolute Gasteiger partial charge is 0.256 e. The van der Waals surface area contributed by atoms with Crippen LogP contribution in [-0.2, 0) is 16.1 Å². The van der Waals surface area contributed by atoms with Crippen LogP contribution in [0.25, 0.3) is 0 Å². The quantitative estimate of drug-likeness (QED) is 0.783. The minimum Gasteiger partial charge on any atom is -0.322 e. The number of rotatable bonds is 1. The van der Waals surface area contributed by atoms with Gasteiger partial charge in [-0.15, -0.1) is 0 Å². The van der Waals surface area contributed by atoms with E-state index in [0.717, 1.165) is 0 Å². The van der Waals surface area contributed by atoms with Crippen LogP contribution in [0, 0.1) is 11.3 Å². The summed E-state index contributed by atoms with van der Waals surface area (Å²) in [7, 11) is 0. The molecule has 3 amide bonds. The fraction of sp³-hybridized carbons (Fsp3) is 0.286. The fourth-order valence-electron chi connectivity index (χ4n) is 2.76. The highest BCUT2D eigenvalue weighted by atomic mass is 35.5. The summed E-state index contributed by atoms with van der Waals surface area (Å²) in [5.41, 5.74) is 1.14. The van der Waals surface area contributed by atoms with Gasteiger partial charge in [0.05, 0.1) is 11.1 Å². The van der Waals surface area contributed by atoms with Gasteiger partial charge in [0.2, 0.25) is 11.8 Å². The van der Waals surface area contributed by atoms with Crippen LogP contribution in [0.1, 0.15) is 34.3 Å². The van der Waals surface area contributed by atoms with Crippen LogP contribution in [-0.4, -0.2) is 28.7 Å². The number of carbonyl (C=O) groups excluding carboxylic acids is 3. The molecule has 1 aromatic carbocycles. The summed E-state index contributed by atoms with van der Waals surface area (Å²) >= 11 is 5.93. The summed E-state index contributed by atoms with van der Waals surface area (Å²) in [6, 6.07) is 4.33. The van der Waals surface area contributed by atoms with E-state index in [4.69, 9.17) is 16.9 Å².